The lowest BCUT2D eigenvalue weighted by Crippen LogP contribution is -2.42. The van der Waals surface area contributed by atoms with E-state index in [4.69, 9.17) is 4.98 Å². The number of rotatable bonds is 3. The molecule has 2 aromatic rings. The Morgan fingerprint density at radius 2 is 1.52 bits per heavy atom. The molecule has 1 N–H and O–H groups in total. The molecule has 150 valence electrons. The van der Waals surface area contributed by atoms with Crippen molar-refractivity contribution in [1.29, 1.82) is 0 Å². The molecule has 1 aromatic carbocycles. The van der Waals surface area contributed by atoms with E-state index in [-0.39, 0.29) is 23.2 Å². The number of thiazole rings is 1. The SMILES string of the molecule is CC(C)(C)c1cc(-c2csc(CN3CCNCC3)n2)cc(C(C)(C)C)c1.Cl. The maximum atomic E-state index is 4.98. The summed E-state index contributed by atoms with van der Waals surface area (Å²) in [5.74, 6) is 0. The topological polar surface area (TPSA) is 28.2 Å². The summed E-state index contributed by atoms with van der Waals surface area (Å²) < 4.78 is 0. The van der Waals surface area contributed by atoms with E-state index >= 15 is 0 Å². The second-order valence-corrected chi connectivity index (χ2v) is 10.4. The molecule has 0 spiro atoms. The monoisotopic (exact) mass is 407 g/mol. The van der Waals surface area contributed by atoms with Crippen molar-refractivity contribution in [2.24, 2.45) is 0 Å². The summed E-state index contributed by atoms with van der Waals surface area (Å²) in [4.78, 5) is 7.47. The molecule has 1 aliphatic heterocycles. The van der Waals surface area contributed by atoms with Crippen LogP contribution in [-0.4, -0.2) is 36.1 Å². The van der Waals surface area contributed by atoms with Gasteiger partial charge in [0.25, 0.3) is 0 Å². The molecule has 1 fully saturated rings. The standard InChI is InChI=1S/C22H33N3S.ClH/c1-21(2,3)17-11-16(12-18(13-17)22(4,5)6)19-15-26-20(24-19)14-25-9-7-23-8-10-25;/h11-13,15,23H,7-10,14H2,1-6H3;1H. The van der Waals surface area contributed by atoms with Gasteiger partial charge < -0.3 is 5.32 Å². The first-order valence-electron chi connectivity index (χ1n) is 9.67. The first kappa shape index (κ1) is 22.4. The van der Waals surface area contributed by atoms with Crippen molar-refractivity contribution in [2.75, 3.05) is 26.2 Å². The van der Waals surface area contributed by atoms with Crippen LogP contribution in [0.1, 0.15) is 57.7 Å². The summed E-state index contributed by atoms with van der Waals surface area (Å²) in [7, 11) is 0. The second-order valence-electron chi connectivity index (χ2n) is 9.45. The van der Waals surface area contributed by atoms with Gasteiger partial charge in [0.15, 0.2) is 0 Å². The zero-order chi connectivity index (χ0) is 18.9. The molecule has 2 heterocycles. The van der Waals surface area contributed by atoms with Gasteiger partial charge in [0.05, 0.1) is 12.2 Å². The van der Waals surface area contributed by atoms with E-state index in [1.54, 1.807) is 11.3 Å². The molecule has 1 aliphatic rings. The highest BCUT2D eigenvalue weighted by atomic mass is 35.5. The lowest BCUT2D eigenvalue weighted by atomic mass is 9.79. The van der Waals surface area contributed by atoms with Crippen LogP contribution in [0, 0.1) is 0 Å². The Bertz CT molecular complexity index is 717. The average molecular weight is 408 g/mol. The van der Waals surface area contributed by atoms with Gasteiger partial charge in [-0.05, 0) is 34.1 Å². The van der Waals surface area contributed by atoms with Crippen molar-refractivity contribution >= 4 is 23.7 Å². The molecule has 0 radical (unpaired) electrons. The highest BCUT2D eigenvalue weighted by Gasteiger charge is 2.21. The summed E-state index contributed by atoms with van der Waals surface area (Å²) in [6.07, 6.45) is 0. The third kappa shape index (κ3) is 5.77. The summed E-state index contributed by atoms with van der Waals surface area (Å²) in [6, 6.07) is 7.04. The van der Waals surface area contributed by atoms with E-state index in [0.29, 0.717) is 0 Å². The number of piperazine rings is 1. The average Bonchev–Trinajstić information content (AvgIpc) is 3.02. The van der Waals surface area contributed by atoms with Crippen molar-refractivity contribution < 1.29 is 0 Å². The van der Waals surface area contributed by atoms with Crippen LogP contribution in [0.4, 0.5) is 0 Å². The first-order valence-corrected chi connectivity index (χ1v) is 10.5. The highest BCUT2D eigenvalue weighted by molar-refractivity contribution is 7.09. The normalized spacial score (nSPS) is 16.2. The minimum atomic E-state index is 0. The quantitative estimate of drug-likeness (QED) is 0.754. The van der Waals surface area contributed by atoms with Crippen LogP contribution in [0.25, 0.3) is 11.3 Å². The van der Waals surface area contributed by atoms with E-state index in [2.05, 4.69) is 75.3 Å². The van der Waals surface area contributed by atoms with E-state index in [1.807, 2.05) is 0 Å². The predicted molar refractivity (Wildman–Crippen MR) is 120 cm³/mol. The van der Waals surface area contributed by atoms with Gasteiger partial charge in [-0.25, -0.2) is 4.98 Å². The van der Waals surface area contributed by atoms with Gasteiger partial charge in [-0.3, -0.25) is 4.90 Å². The molecular formula is C22H34ClN3S. The number of nitrogens with one attached hydrogen (secondary N) is 1. The molecule has 1 saturated heterocycles. The minimum absolute atomic E-state index is 0. The maximum Gasteiger partial charge on any atom is 0.107 e. The van der Waals surface area contributed by atoms with Gasteiger partial charge in [0.2, 0.25) is 0 Å². The molecule has 3 nitrogen and oxygen atoms in total. The number of nitrogens with zero attached hydrogens (tertiary/aromatic N) is 2. The van der Waals surface area contributed by atoms with Crippen molar-refractivity contribution in [2.45, 2.75) is 58.9 Å². The Hall–Kier alpha value is -0.940. The van der Waals surface area contributed by atoms with Crippen LogP contribution >= 0.6 is 23.7 Å². The van der Waals surface area contributed by atoms with Crippen molar-refractivity contribution in [3.05, 3.63) is 39.7 Å². The fraction of sp³-hybridized carbons (Fsp3) is 0.591. The molecule has 1 aromatic heterocycles. The van der Waals surface area contributed by atoms with E-state index < -0.39 is 0 Å². The van der Waals surface area contributed by atoms with Gasteiger partial charge >= 0.3 is 0 Å². The van der Waals surface area contributed by atoms with Gasteiger partial charge in [0, 0.05) is 37.1 Å². The van der Waals surface area contributed by atoms with Crippen molar-refractivity contribution in [3.63, 3.8) is 0 Å². The Morgan fingerprint density at radius 3 is 2.04 bits per heavy atom. The largest absolute Gasteiger partial charge is 0.314 e. The van der Waals surface area contributed by atoms with Gasteiger partial charge in [-0.15, -0.1) is 23.7 Å². The highest BCUT2D eigenvalue weighted by Crippen LogP contribution is 2.34. The molecule has 0 saturated carbocycles. The molecule has 0 amide bonds. The zero-order valence-corrected chi connectivity index (χ0v) is 19.2. The van der Waals surface area contributed by atoms with Gasteiger partial charge in [0.1, 0.15) is 5.01 Å². The number of benzene rings is 1. The lowest BCUT2D eigenvalue weighted by Gasteiger charge is -2.26. The van der Waals surface area contributed by atoms with Gasteiger partial charge in [-0.1, -0.05) is 47.6 Å². The van der Waals surface area contributed by atoms with Crippen LogP contribution in [0.5, 0.6) is 0 Å². The van der Waals surface area contributed by atoms with Crippen LogP contribution in [0.15, 0.2) is 23.6 Å². The fourth-order valence-corrected chi connectivity index (χ4v) is 4.06. The molecule has 0 aliphatic carbocycles. The Kier molecular flexibility index (Phi) is 7.12. The lowest BCUT2D eigenvalue weighted by molar-refractivity contribution is 0.233. The smallest absolute Gasteiger partial charge is 0.107 e. The third-order valence-corrected chi connectivity index (χ3v) is 5.91. The zero-order valence-electron chi connectivity index (χ0n) is 17.6. The van der Waals surface area contributed by atoms with E-state index in [9.17, 15) is 0 Å². The number of hydrogen-bond donors (Lipinski definition) is 1. The molecule has 0 unspecified atom stereocenters. The summed E-state index contributed by atoms with van der Waals surface area (Å²) >= 11 is 1.79. The Balaban J connectivity index is 0.00000261. The second kappa shape index (κ2) is 8.60. The maximum absolute atomic E-state index is 4.98. The number of hydrogen-bond acceptors (Lipinski definition) is 4. The third-order valence-electron chi connectivity index (χ3n) is 5.08. The Labute approximate surface area is 175 Å². The minimum Gasteiger partial charge on any atom is -0.314 e. The fourth-order valence-electron chi connectivity index (χ4n) is 3.22. The molecule has 5 heteroatoms. The predicted octanol–water partition coefficient (Wildman–Crippen LogP) is 5.23. The Morgan fingerprint density at radius 1 is 0.963 bits per heavy atom. The van der Waals surface area contributed by atoms with E-state index in [1.165, 1.54) is 21.7 Å². The molecule has 0 bridgehead atoms. The molecule has 0 atom stereocenters. The number of aromatic nitrogens is 1. The van der Waals surface area contributed by atoms with Crippen LogP contribution < -0.4 is 5.32 Å². The van der Waals surface area contributed by atoms with E-state index in [0.717, 1.165) is 38.4 Å². The molecule has 27 heavy (non-hydrogen) atoms. The first-order chi connectivity index (χ1) is 12.1. The summed E-state index contributed by atoms with van der Waals surface area (Å²) in [5.41, 5.74) is 5.42. The van der Waals surface area contributed by atoms with Crippen molar-refractivity contribution in [1.82, 2.24) is 15.2 Å². The molecule has 3 rings (SSSR count). The summed E-state index contributed by atoms with van der Waals surface area (Å²) in [5, 5.41) is 6.86. The van der Waals surface area contributed by atoms with Crippen LogP contribution in [-0.2, 0) is 17.4 Å². The van der Waals surface area contributed by atoms with Gasteiger partial charge in [-0.2, -0.15) is 0 Å². The van der Waals surface area contributed by atoms with Crippen LogP contribution in [0.3, 0.4) is 0 Å². The molecular weight excluding hydrogens is 374 g/mol. The number of halogens is 1. The summed E-state index contributed by atoms with van der Waals surface area (Å²) in [6.45, 7) is 19.1. The van der Waals surface area contributed by atoms with Crippen molar-refractivity contribution in [3.8, 4) is 11.3 Å². The van der Waals surface area contributed by atoms with Crippen LogP contribution in [0.2, 0.25) is 0 Å².